The zero-order valence-corrected chi connectivity index (χ0v) is 9.30. The SMILES string of the molecule is NCCc1noc(C2Cc3ccccc3O2)n1. The highest BCUT2D eigenvalue weighted by Gasteiger charge is 2.28. The number of hydrogen-bond donors (Lipinski definition) is 1. The summed E-state index contributed by atoms with van der Waals surface area (Å²) in [5.74, 6) is 2.07. The van der Waals surface area contributed by atoms with E-state index in [0.29, 0.717) is 24.7 Å². The zero-order chi connectivity index (χ0) is 11.7. The Bertz CT molecular complexity index is 499. The number of hydrogen-bond acceptors (Lipinski definition) is 5. The molecule has 0 aliphatic carbocycles. The number of aromatic nitrogens is 2. The number of nitrogens with two attached hydrogens (primary N) is 1. The molecule has 0 bridgehead atoms. The molecule has 1 aliphatic rings. The predicted octanol–water partition coefficient (Wildman–Crippen LogP) is 1.25. The normalized spacial score (nSPS) is 17.8. The van der Waals surface area contributed by atoms with Gasteiger partial charge in [0.15, 0.2) is 11.9 Å². The lowest BCUT2D eigenvalue weighted by Crippen LogP contribution is -2.06. The third-order valence-electron chi connectivity index (χ3n) is 2.77. The summed E-state index contributed by atoms with van der Waals surface area (Å²) in [6.45, 7) is 0.519. The van der Waals surface area contributed by atoms with Crippen LogP contribution < -0.4 is 10.5 Å². The summed E-state index contributed by atoms with van der Waals surface area (Å²) in [6, 6.07) is 7.95. The van der Waals surface area contributed by atoms with Gasteiger partial charge in [0, 0.05) is 12.8 Å². The Kier molecular flexibility index (Phi) is 2.53. The van der Waals surface area contributed by atoms with Crippen molar-refractivity contribution in [3.8, 4) is 5.75 Å². The summed E-state index contributed by atoms with van der Waals surface area (Å²) in [4.78, 5) is 4.28. The van der Waals surface area contributed by atoms with Crippen molar-refractivity contribution in [3.05, 3.63) is 41.5 Å². The molecule has 0 radical (unpaired) electrons. The number of nitrogens with zero attached hydrogens (tertiary/aromatic N) is 2. The molecule has 1 aliphatic heterocycles. The third kappa shape index (κ3) is 1.89. The van der Waals surface area contributed by atoms with E-state index in [1.54, 1.807) is 0 Å². The molecule has 0 spiro atoms. The van der Waals surface area contributed by atoms with Crippen molar-refractivity contribution in [1.82, 2.24) is 10.1 Å². The molecule has 1 aromatic heterocycles. The van der Waals surface area contributed by atoms with Crippen LogP contribution in [0.5, 0.6) is 5.75 Å². The average Bonchev–Trinajstić information content (AvgIpc) is 2.94. The van der Waals surface area contributed by atoms with Crippen molar-refractivity contribution in [2.45, 2.75) is 18.9 Å². The molecule has 1 atom stereocenters. The molecule has 1 aromatic carbocycles. The number of para-hydroxylation sites is 1. The Balaban J connectivity index is 1.79. The second kappa shape index (κ2) is 4.18. The molecule has 0 fully saturated rings. The quantitative estimate of drug-likeness (QED) is 0.860. The van der Waals surface area contributed by atoms with Gasteiger partial charge in [0.05, 0.1) is 0 Å². The van der Waals surface area contributed by atoms with Gasteiger partial charge in [-0.3, -0.25) is 0 Å². The van der Waals surface area contributed by atoms with E-state index >= 15 is 0 Å². The molecule has 0 amide bonds. The van der Waals surface area contributed by atoms with Crippen LogP contribution in [0.1, 0.15) is 23.4 Å². The highest BCUT2D eigenvalue weighted by Crippen LogP contribution is 2.35. The second-order valence-electron chi connectivity index (χ2n) is 4.01. The largest absolute Gasteiger partial charge is 0.480 e. The standard InChI is InChI=1S/C12H13N3O2/c13-6-5-11-14-12(17-15-11)10-7-8-3-1-2-4-9(8)16-10/h1-4,10H,5-7,13H2. The maximum atomic E-state index is 5.76. The summed E-state index contributed by atoms with van der Waals surface area (Å²) in [5, 5.41) is 3.87. The molecular formula is C12H13N3O2. The van der Waals surface area contributed by atoms with Crippen LogP contribution in [0.3, 0.4) is 0 Å². The molecular weight excluding hydrogens is 218 g/mol. The van der Waals surface area contributed by atoms with Gasteiger partial charge < -0.3 is 15.0 Å². The van der Waals surface area contributed by atoms with Gasteiger partial charge in [-0.1, -0.05) is 23.4 Å². The lowest BCUT2D eigenvalue weighted by atomic mass is 10.1. The van der Waals surface area contributed by atoms with Gasteiger partial charge in [0.2, 0.25) is 0 Å². The minimum absolute atomic E-state index is 0.161. The van der Waals surface area contributed by atoms with Crippen molar-refractivity contribution in [1.29, 1.82) is 0 Å². The summed E-state index contributed by atoms with van der Waals surface area (Å²) >= 11 is 0. The molecule has 17 heavy (non-hydrogen) atoms. The van der Waals surface area contributed by atoms with Gasteiger partial charge in [-0.25, -0.2) is 0 Å². The van der Waals surface area contributed by atoms with Gasteiger partial charge >= 0.3 is 0 Å². The molecule has 3 rings (SSSR count). The predicted molar refractivity (Wildman–Crippen MR) is 60.6 cm³/mol. The molecule has 1 unspecified atom stereocenters. The first-order valence-corrected chi connectivity index (χ1v) is 5.64. The first kappa shape index (κ1) is 10.3. The Morgan fingerprint density at radius 3 is 3.06 bits per heavy atom. The molecule has 2 N–H and O–H groups in total. The van der Waals surface area contributed by atoms with Gasteiger partial charge in [-0.05, 0) is 18.2 Å². The molecule has 2 heterocycles. The van der Waals surface area contributed by atoms with Crippen LogP contribution in [0, 0.1) is 0 Å². The van der Waals surface area contributed by atoms with E-state index in [4.69, 9.17) is 15.0 Å². The Morgan fingerprint density at radius 2 is 2.24 bits per heavy atom. The van der Waals surface area contributed by atoms with Crippen molar-refractivity contribution in [3.63, 3.8) is 0 Å². The highest BCUT2D eigenvalue weighted by atomic mass is 16.5. The van der Waals surface area contributed by atoms with E-state index in [1.807, 2.05) is 24.3 Å². The van der Waals surface area contributed by atoms with Crippen LogP contribution in [0.4, 0.5) is 0 Å². The van der Waals surface area contributed by atoms with E-state index in [0.717, 1.165) is 12.2 Å². The second-order valence-corrected chi connectivity index (χ2v) is 4.01. The van der Waals surface area contributed by atoms with E-state index in [2.05, 4.69) is 10.1 Å². The van der Waals surface area contributed by atoms with Crippen LogP contribution >= 0.6 is 0 Å². The summed E-state index contributed by atoms with van der Waals surface area (Å²) < 4.78 is 10.9. The van der Waals surface area contributed by atoms with Crippen LogP contribution in [0.25, 0.3) is 0 Å². The lowest BCUT2D eigenvalue weighted by Gasteiger charge is -2.03. The third-order valence-corrected chi connectivity index (χ3v) is 2.77. The molecule has 2 aromatic rings. The van der Waals surface area contributed by atoms with Gasteiger partial charge in [0.1, 0.15) is 5.75 Å². The van der Waals surface area contributed by atoms with Crippen LogP contribution in [0.2, 0.25) is 0 Å². The fourth-order valence-corrected chi connectivity index (χ4v) is 1.95. The molecule has 88 valence electrons. The molecule has 0 saturated carbocycles. The molecule has 5 heteroatoms. The van der Waals surface area contributed by atoms with Gasteiger partial charge in [-0.2, -0.15) is 4.98 Å². The number of benzene rings is 1. The summed E-state index contributed by atoms with van der Waals surface area (Å²) in [7, 11) is 0. The monoisotopic (exact) mass is 231 g/mol. The summed E-state index contributed by atoms with van der Waals surface area (Å²) in [6.07, 6.45) is 1.25. The van der Waals surface area contributed by atoms with E-state index in [-0.39, 0.29) is 6.10 Å². The van der Waals surface area contributed by atoms with Crippen LogP contribution in [0.15, 0.2) is 28.8 Å². The minimum atomic E-state index is -0.161. The molecule has 0 saturated heterocycles. The topological polar surface area (TPSA) is 74.2 Å². The average molecular weight is 231 g/mol. The Labute approximate surface area is 98.6 Å². The van der Waals surface area contributed by atoms with Crippen LogP contribution in [-0.4, -0.2) is 16.7 Å². The lowest BCUT2D eigenvalue weighted by molar-refractivity contribution is 0.183. The zero-order valence-electron chi connectivity index (χ0n) is 9.30. The van der Waals surface area contributed by atoms with Crippen molar-refractivity contribution in [2.24, 2.45) is 5.73 Å². The van der Waals surface area contributed by atoms with Crippen molar-refractivity contribution >= 4 is 0 Å². The van der Waals surface area contributed by atoms with Crippen molar-refractivity contribution in [2.75, 3.05) is 6.54 Å². The van der Waals surface area contributed by atoms with E-state index in [9.17, 15) is 0 Å². The van der Waals surface area contributed by atoms with Gasteiger partial charge in [0.25, 0.3) is 5.89 Å². The highest BCUT2D eigenvalue weighted by molar-refractivity contribution is 5.37. The Morgan fingerprint density at radius 1 is 1.35 bits per heavy atom. The van der Waals surface area contributed by atoms with Gasteiger partial charge in [-0.15, -0.1) is 0 Å². The maximum absolute atomic E-state index is 5.76. The minimum Gasteiger partial charge on any atom is -0.480 e. The molecule has 5 nitrogen and oxygen atoms in total. The fraction of sp³-hybridized carbons (Fsp3) is 0.333. The fourth-order valence-electron chi connectivity index (χ4n) is 1.95. The number of ether oxygens (including phenoxy) is 1. The van der Waals surface area contributed by atoms with E-state index in [1.165, 1.54) is 5.56 Å². The first-order valence-electron chi connectivity index (χ1n) is 5.64. The Hall–Kier alpha value is -1.88. The first-order chi connectivity index (χ1) is 8.36. The van der Waals surface area contributed by atoms with Crippen molar-refractivity contribution < 1.29 is 9.26 Å². The van der Waals surface area contributed by atoms with Crippen LogP contribution in [-0.2, 0) is 12.8 Å². The number of rotatable bonds is 3. The smallest absolute Gasteiger partial charge is 0.268 e. The maximum Gasteiger partial charge on any atom is 0.268 e. The number of fused-ring (bicyclic) bond motifs is 1. The van der Waals surface area contributed by atoms with E-state index < -0.39 is 0 Å². The summed E-state index contributed by atoms with van der Waals surface area (Å²) in [5.41, 5.74) is 6.62.